The zero-order valence-corrected chi connectivity index (χ0v) is 20.5. The van der Waals surface area contributed by atoms with Gasteiger partial charge in [0.05, 0.1) is 0 Å². The maximum atomic E-state index is 12.1. The minimum Gasteiger partial charge on any atom is -0.480 e. The van der Waals surface area contributed by atoms with E-state index in [-0.39, 0.29) is 0 Å². The zero-order chi connectivity index (χ0) is 23.5. The van der Waals surface area contributed by atoms with E-state index in [9.17, 15) is 9.90 Å². The summed E-state index contributed by atoms with van der Waals surface area (Å²) in [7, 11) is 0. The second-order valence-corrected chi connectivity index (χ2v) is 10.5. The summed E-state index contributed by atoms with van der Waals surface area (Å²) in [6.45, 7) is 4.88. The molecule has 7 heteroatoms. The fraction of sp³-hybridized carbons (Fsp3) is 0.556. The Hall–Kier alpha value is -2.15. The van der Waals surface area contributed by atoms with E-state index < -0.39 is 12.0 Å². The van der Waals surface area contributed by atoms with Crippen molar-refractivity contribution >= 4 is 23.4 Å². The Morgan fingerprint density at radius 3 is 2.59 bits per heavy atom. The molecule has 0 saturated carbocycles. The van der Waals surface area contributed by atoms with Crippen molar-refractivity contribution in [3.63, 3.8) is 0 Å². The molecule has 1 aromatic heterocycles. The summed E-state index contributed by atoms with van der Waals surface area (Å²) in [5, 5.41) is 13.9. The average molecular weight is 483 g/mol. The Bertz CT molecular complexity index is 1000. The molecule has 1 aromatic carbocycles. The number of halogens is 1. The first-order valence-corrected chi connectivity index (χ1v) is 13.1. The summed E-state index contributed by atoms with van der Waals surface area (Å²) < 4.78 is 0. The zero-order valence-electron chi connectivity index (χ0n) is 19.8. The highest BCUT2D eigenvalue weighted by Gasteiger charge is 2.34. The topological polar surface area (TPSA) is 68.7 Å². The van der Waals surface area contributed by atoms with Crippen LogP contribution in [0.5, 0.6) is 0 Å². The number of nitrogens with zero attached hydrogens (tertiary/aromatic N) is 3. The van der Waals surface area contributed by atoms with Crippen LogP contribution in [0, 0.1) is 5.92 Å². The van der Waals surface area contributed by atoms with Gasteiger partial charge in [0.15, 0.2) is 0 Å². The van der Waals surface area contributed by atoms with E-state index in [4.69, 9.17) is 16.6 Å². The largest absolute Gasteiger partial charge is 0.480 e. The smallest absolute Gasteiger partial charge is 0.325 e. The normalized spacial score (nSPS) is 21.6. The van der Waals surface area contributed by atoms with E-state index in [1.54, 1.807) is 6.07 Å². The van der Waals surface area contributed by atoms with E-state index in [1.807, 2.05) is 18.2 Å². The summed E-state index contributed by atoms with van der Waals surface area (Å²) >= 11 is 6.33. The van der Waals surface area contributed by atoms with Gasteiger partial charge in [0.2, 0.25) is 0 Å². The molecule has 4 heterocycles. The molecule has 0 amide bonds. The van der Waals surface area contributed by atoms with Crippen LogP contribution in [-0.2, 0) is 17.6 Å². The molecule has 2 fully saturated rings. The van der Waals surface area contributed by atoms with Crippen molar-refractivity contribution in [2.75, 3.05) is 38.0 Å². The number of carboxylic acid groups (broad SMARTS) is 1. The van der Waals surface area contributed by atoms with Crippen molar-refractivity contribution in [3.8, 4) is 0 Å². The molecular formula is C27H35ClN4O2. The summed E-state index contributed by atoms with van der Waals surface area (Å²) in [4.78, 5) is 21.7. The summed E-state index contributed by atoms with van der Waals surface area (Å²) in [5.74, 6) is 0.977. The molecule has 0 spiro atoms. The molecule has 1 unspecified atom stereocenters. The average Bonchev–Trinajstić information content (AvgIpc) is 2.86. The second-order valence-electron chi connectivity index (χ2n) is 10.1. The highest BCUT2D eigenvalue weighted by Crippen LogP contribution is 2.32. The third-order valence-corrected chi connectivity index (χ3v) is 8.26. The number of hydrogen-bond acceptors (Lipinski definition) is 5. The Morgan fingerprint density at radius 2 is 1.85 bits per heavy atom. The Balaban J connectivity index is 1.12. The lowest BCUT2D eigenvalue weighted by Gasteiger charge is -2.43. The van der Waals surface area contributed by atoms with Gasteiger partial charge in [-0.2, -0.15) is 0 Å². The second kappa shape index (κ2) is 10.6. The molecule has 5 rings (SSSR count). The van der Waals surface area contributed by atoms with Crippen molar-refractivity contribution in [2.45, 2.75) is 57.0 Å². The standard InChI is InChI=1S/C27H35ClN4O2/c28-24-6-2-1-5-23(24)25(27(33)34)32-16-11-22(12-17-32)31-14-9-19(10-15-31)18-21-8-7-20-4-3-13-29-26(20)30-21/h1-2,5-8,19,22,25H,3-4,9-18H2,(H,29,30)(H,33,34). The minimum absolute atomic E-state index is 0.531. The van der Waals surface area contributed by atoms with E-state index in [2.05, 4.69) is 27.2 Å². The molecular weight excluding hydrogens is 448 g/mol. The number of pyridine rings is 1. The number of nitrogens with one attached hydrogen (secondary N) is 1. The van der Waals surface area contributed by atoms with Gasteiger partial charge in [-0.3, -0.25) is 9.69 Å². The lowest BCUT2D eigenvalue weighted by molar-refractivity contribution is -0.144. The van der Waals surface area contributed by atoms with E-state index >= 15 is 0 Å². The van der Waals surface area contributed by atoms with Gasteiger partial charge in [0.1, 0.15) is 11.9 Å². The third kappa shape index (κ3) is 5.24. The van der Waals surface area contributed by atoms with Crippen molar-refractivity contribution in [1.29, 1.82) is 0 Å². The maximum absolute atomic E-state index is 12.1. The third-order valence-electron chi connectivity index (χ3n) is 7.91. The van der Waals surface area contributed by atoms with Crippen LogP contribution in [-0.4, -0.2) is 64.6 Å². The Kier molecular flexibility index (Phi) is 7.37. The highest BCUT2D eigenvalue weighted by atomic mass is 35.5. The molecule has 3 aliphatic heterocycles. The van der Waals surface area contributed by atoms with Crippen LogP contribution in [0.2, 0.25) is 5.02 Å². The van der Waals surface area contributed by atoms with Crippen molar-refractivity contribution in [2.24, 2.45) is 5.92 Å². The number of hydrogen-bond donors (Lipinski definition) is 2. The summed E-state index contributed by atoms with van der Waals surface area (Å²) in [6, 6.07) is 11.7. The first-order valence-electron chi connectivity index (χ1n) is 12.8. The van der Waals surface area contributed by atoms with Crippen LogP contribution >= 0.6 is 11.6 Å². The lowest BCUT2D eigenvalue weighted by atomic mass is 9.89. The number of aliphatic carboxylic acids is 1. The Morgan fingerprint density at radius 1 is 1.09 bits per heavy atom. The number of fused-ring (bicyclic) bond motifs is 1. The van der Waals surface area contributed by atoms with Gasteiger partial charge in [-0.15, -0.1) is 0 Å². The molecule has 2 saturated heterocycles. The van der Waals surface area contributed by atoms with Crippen molar-refractivity contribution < 1.29 is 9.90 Å². The van der Waals surface area contributed by atoms with Crippen LogP contribution in [0.25, 0.3) is 0 Å². The molecule has 0 aliphatic carbocycles. The van der Waals surface area contributed by atoms with Crippen molar-refractivity contribution in [1.82, 2.24) is 14.8 Å². The molecule has 2 aromatic rings. The molecule has 6 nitrogen and oxygen atoms in total. The number of carbonyl (C=O) groups is 1. The quantitative estimate of drug-likeness (QED) is 0.625. The summed E-state index contributed by atoms with van der Waals surface area (Å²) in [6.07, 6.45) is 7.85. The van der Waals surface area contributed by atoms with Crippen LogP contribution in [0.1, 0.15) is 55.0 Å². The number of rotatable bonds is 6. The molecule has 0 radical (unpaired) electrons. The van der Waals surface area contributed by atoms with Crippen LogP contribution in [0.3, 0.4) is 0 Å². The number of carboxylic acids is 1. The van der Waals surface area contributed by atoms with Crippen LogP contribution in [0.4, 0.5) is 5.82 Å². The number of aromatic nitrogens is 1. The molecule has 182 valence electrons. The van der Waals surface area contributed by atoms with E-state index in [0.29, 0.717) is 22.5 Å². The number of likely N-dealkylation sites (tertiary alicyclic amines) is 2. The molecule has 34 heavy (non-hydrogen) atoms. The lowest BCUT2D eigenvalue weighted by Crippen LogP contribution is -2.49. The van der Waals surface area contributed by atoms with Gasteiger partial charge in [-0.05, 0) is 87.2 Å². The van der Waals surface area contributed by atoms with Gasteiger partial charge in [-0.1, -0.05) is 35.9 Å². The number of anilines is 1. The first-order chi connectivity index (χ1) is 16.6. The first kappa shape index (κ1) is 23.6. The predicted molar refractivity (Wildman–Crippen MR) is 135 cm³/mol. The molecule has 2 N–H and O–H groups in total. The SMILES string of the molecule is O=C(O)C(c1ccccc1Cl)N1CCC(N2CCC(Cc3ccc4c(n3)NCCC4)CC2)CC1. The fourth-order valence-corrected chi connectivity index (χ4v) is 6.23. The van der Waals surface area contributed by atoms with E-state index in [1.165, 1.54) is 30.5 Å². The number of aryl methyl sites for hydroxylation is 1. The van der Waals surface area contributed by atoms with E-state index in [0.717, 1.165) is 64.2 Å². The molecule has 3 aliphatic rings. The predicted octanol–water partition coefficient (Wildman–Crippen LogP) is 4.64. The fourth-order valence-electron chi connectivity index (χ4n) is 5.99. The monoisotopic (exact) mass is 482 g/mol. The van der Waals surface area contributed by atoms with Gasteiger partial charge in [-0.25, -0.2) is 4.98 Å². The summed E-state index contributed by atoms with van der Waals surface area (Å²) in [5.41, 5.74) is 3.27. The van der Waals surface area contributed by atoms with Crippen LogP contribution < -0.4 is 5.32 Å². The van der Waals surface area contributed by atoms with Gasteiger partial charge >= 0.3 is 5.97 Å². The van der Waals surface area contributed by atoms with Gasteiger partial charge in [0, 0.05) is 36.4 Å². The highest BCUT2D eigenvalue weighted by molar-refractivity contribution is 6.31. The number of benzene rings is 1. The number of piperidine rings is 2. The maximum Gasteiger partial charge on any atom is 0.325 e. The van der Waals surface area contributed by atoms with Crippen LogP contribution in [0.15, 0.2) is 36.4 Å². The molecule has 1 atom stereocenters. The minimum atomic E-state index is -0.821. The molecule has 0 bridgehead atoms. The van der Waals surface area contributed by atoms with Gasteiger partial charge < -0.3 is 15.3 Å². The van der Waals surface area contributed by atoms with Gasteiger partial charge in [0.25, 0.3) is 0 Å². The van der Waals surface area contributed by atoms with Crippen molar-refractivity contribution in [3.05, 3.63) is 58.2 Å². The Labute approximate surface area is 207 Å².